The summed E-state index contributed by atoms with van der Waals surface area (Å²) in [5.41, 5.74) is 9.31. The molecule has 0 bridgehead atoms. The summed E-state index contributed by atoms with van der Waals surface area (Å²) in [6.07, 6.45) is 0. The Kier molecular flexibility index (Phi) is 5.86. The Labute approximate surface area is 290 Å². The molecule has 0 amide bonds. The highest BCUT2D eigenvalue weighted by Gasteiger charge is 2.17. The van der Waals surface area contributed by atoms with Crippen molar-refractivity contribution in [3.05, 3.63) is 158 Å². The van der Waals surface area contributed by atoms with E-state index in [1.165, 1.54) is 10.8 Å². The average Bonchev–Trinajstić information content (AvgIpc) is 3.86. The van der Waals surface area contributed by atoms with E-state index in [0.717, 1.165) is 77.3 Å². The summed E-state index contributed by atoms with van der Waals surface area (Å²) in [5, 5.41) is 6.64. The van der Waals surface area contributed by atoms with Crippen molar-refractivity contribution in [2.24, 2.45) is 0 Å². The smallest absolute Gasteiger partial charge is 0.164 e. The molecule has 0 radical (unpaired) electrons. The molecule has 51 heavy (non-hydrogen) atoms. The molecule has 6 nitrogen and oxygen atoms in total. The van der Waals surface area contributed by atoms with Gasteiger partial charge in [0.2, 0.25) is 0 Å². The van der Waals surface area contributed by atoms with Crippen molar-refractivity contribution in [3.8, 4) is 39.9 Å². The number of benzene rings is 7. The number of hydrogen-bond donors (Lipinski definition) is 0. The molecule has 11 rings (SSSR count). The number of rotatable bonds is 4. The molecular weight excluding hydrogens is 629 g/mol. The molecule has 0 spiro atoms. The Morgan fingerprint density at radius 2 is 0.843 bits per heavy atom. The van der Waals surface area contributed by atoms with E-state index in [-0.39, 0.29) is 0 Å². The van der Waals surface area contributed by atoms with E-state index in [1.54, 1.807) is 0 Å². The Morgan fingerprint density at radius 1 is 0.333 bits per heavy atom. The van der Waals surface area contributed by atoms with Gasteiger partial charge < -0.3 is 13.4 Å². The van der Waals surface area contributed by atoms with Crippen LogP contribution < -0.4 is 0 Å². The summed E-state index contributed by atoms with van der Waals surface area (Å²) in [7, 11) is 0. The van der Waals surface area contributed by atoms with Gasteiger partial charge in [-0.05, 0) is 60.7 Å². The van der Waals surface area contributed by atoms with Gasteiger partial charge in [-0.15, -0.1) is 0 Å². The lowest BCUT2D eigenvalue weighted by atomic mass is 10.1. The fourth-order valence-electron chi connectivity index (χ4n) is 7.46. The van der Waals surface area contributed by atoms with Gasteiger partial charge >= 0.3 is 0 Å². The summed E-state index contributed by atoms with van der Waals surface area (Å²) in [6.45, 7) is 0. The summed E-state index contributed by atoms with van der Waals surface area (Å²) >= 11 is 0. The summed E-state index contributed by atoms with van der Waals surface area (Å²) < 4.78 is 15.0. The van der Waals surface area contributed by atoms with Crippen molar-refractivity contribution in [2.75, 3.05) is 0 Å². The lowest BCUT2D eigenvalue weighted by Crippen LogP contribution is -2.00. The zero-order valence-corrected chi connectivity index (χ0v) is 27.1. The fraction of sp³-hybridized carbons (Fsp3) is 0. The molecular formula is C45H26N4O2. The van der Waals surface area contributed by atoms with Gasteiger partial charge in [-0.3, -0.25) is 0 Å². The van der Waals surface area contributed by atoms with Gasteiger partial charge in [0.05, 0.1) is 11.0 Å². The zero-order valence-electron chi connectivity index (χ0n) is 27.1. The van der Waals surface area contributed by atoms with Crippen molar-refractivity contribution in [2.45, 2.75) is 0 Å². The van der Waals surface area contributed by atoms with E-state index >= 15 is 0 Å². The van der Waals surface area contributed by atoms with Crippen LogP contribution in [0, 0.1) is 0 Å². The molecule has 0 N–H and O–H groups in total. The fourth-order valence-corrected chi connectivity index (χ4v) is 7.46. The van der Waals surface area contributed by atoms with E-state index in [4.69, 9.17) is 23.8 Å². The van der Waals surface area contributed by atoms with Crippen LogP contribution in [0.2, 0.25) is 0 Å². The molecule has 0 aliphatic carbocycles. The summed E-state index contributed by atoms with van der Waals surface area (Å²) in [5.74, 6) is 1.77. The molecule has 0 saturated carbocycles. The first kappa shape index (κ1) is 27.9. The minimum absolute atomic E-state index is 0.573. The van der Waals surface area contributed by atoms with Crippen LogP contribution in [0.4, 0.5) is 0 Å². The number of hydrogen-bond acceptors (Lipinski definition) is 5. The second kappa shape index (κ2) is 10.7. The van der Waals surface area contributed by atoms with Crippen molar-refractivity contribution in [3.63, 3.8) is 0 Å². The number of para-hydroxylation sites is 3. The minimum atomic E-state index is 0.573. The molecule has 238 valence electrons. The van der Waals surface area contributed by atoms with Crippen LogP contribution in [0.1, 0.15) is 0 Å². The van der Waals surface area contributed by atoms with E-state index in [9.17, 15) is 0 Å². The van der Waals surface area contributed by atoms with Crippen molar-refractivity contribution in [1.82, 2.24) is 19.5 Å². The predicted octanol–water partition coefficient (Wildman–Crippen LogP) is 11.8. The van der Waals surface area contributed by atoms with Crippen LogP contribution in [0.25, 0.3) is 106 Å². The SMILES string of the molecule is c1ccc(-c2nc(-c3ccc4c(c3)oc3cc(-n5c6ccccc6c6ccccc65)ccc34)nc(-c3ccc4oc5ccccc5c4c3)n2)cc1. The maximum absolute atomic E-state index is 6.59. The van der Waals surface area contributed by atoms with Gasteiger partial charge in [-0.25, -0.2) is 15.0 Å². The maximum Gasteiger partial charge on any atom is 0.164 e. The lowest BCUT2D eigenvalue weighted by Gasteiger charge is -2.08. The minimum Gasteiger partial charge on any atom is -0.456 e. The number of furan rings is 2. The maximum atomic E-state index is 6.59. The Balaban J connectivity index is 1.06. The normalized spacial score (nSPS) is 11.9. The van der Waals surface area contributed by atoms with Gasteiger partial charge in [0.1, 0.15) is 22.3 Å². The Bertz CT molecular complexity index is 3100. The molecule has 0 unspecified atom stereocenters. The van der Waals surface area contributed by atoms with Crippen molar-refractivity contribution >= 4 is 65.7 Å². The van der Waals surface area contributed by atoms with Crippen LogP contribution in [0.15, 0.2) is 167 Å². The Morgan fingerprint density at radius 3 is 1.59 bits per heavy atom. The quantitative estimate of drug-likeness (QED) is 0.189. The highest BCUT2D eigenvalue weighted by atomic mass is 16.3. The van der Waals surface area contributed by atoms with E-state index in [2.05, 4.69) is 95.6 Å². The molecule has 0 saturated heterocycles. The number of fused-ring (bicyclic) bond motifs is 9. The zero-order chi connectivity index (χ0) is 33.5. The third-order valence-electron chi connectivity index (χ3n) is 9.86. The standard InChI is InChI=1S/C45H26N4O2/c1-2-10-27(11-3-1)43-46-44(28-19-23-40-36(24-28)33-14-6-9-17-39(33)50-40)48-45(47-43)29-18-21-34-35-22-20-30(26-42(35)51-41(34)25-29)49-37-15-7-4-12-31(37)32-13-5-8-16-38(32)49/h1-26H. The second-order valence-corrected chi connectivity index (χ2v) is 12.8. The van der Waals surface area contributed by atoms with Gasteiger partial charge in [0.25, 0.3) is 0 Å². The van der Waals surface area contributed by atoms with E-state index in [1.807, 2.05) is 66.7 Å². The van der Waals surface area contributed by atoms with Crippen LogP contribution >= 0.6 is 0 Å². The average molecular weight is 655 g/mol. The molecule has 0 aliphatic heterocycles. The highest BCUT2D eigenvalue weighted by molar-refractivity contribution is 6.10. The molecule has 0 fully saturated rings. The third-order valence-corrected chi connectivity index (χ3v) is 9.86. The number of nitrogens with zero attached hydrogens (tertiary/aromatic N) is 4. The third kappa shape index (κ3) is 4.33. The predicted molar refractivity (Wildman–Crippen MR) is 205 cm³/mol. The van der Waals surface area contributed by atoms with Crippen LogP contribution in [0.3, 0.4) is 0 Å². The van der Waals surface area contributed by atoms with Gasteiger partial charge in [-0.2, -0.15) is 0 Å². The monoisotopic (exact) mass is 654 g/mol. The summed E-state index contributed by atoms with van der Waals surface area (Å²) in [4.78, 5) is 15.0. The van der Waals surface area contributed by atoms with E-state index < -0.39 is 0 Å². The first-order valence-electron chi connectivity index (χ1n) is 16.9. The molecule has 11 aromatic rings. The van der Waals surface area contributed by atoms with E-state index in [0.29, 0.717) is 17.5 Å². The molecule has 7 aromatic carbocycles. The first-order valence-corrected chi connectivity index (χ1v) is 16.9. The molecule has 6 heteroatoms. The molecule has 4 aromatic heterocycles. The van der Waals surface area contributed by atoms with Crippen LogP contribution in [-0.2, 0) is 0 Å². The van der Waals surface area contributed by atoms with Crippen molar-refractivity contribution in [1.29, 1.82) is 0 Å². The van der Waals surface area contributed by atoms with Gasteiger partial charge in [0.15, 0.2) is 17.5 Å². The second-order valence-electron chi connectivity index (χ2n) is 12.8. The largest absolute Gasteiger partial charge is 0.456 e. The number of aromatic nitrogens is 4. The molecule has 0 aliphatic rings. The highest BCUT2D eigenvalue weighted by Crippen LogP contribution is 2.37. The topological polar surface area (TPSA) is 69.9 Å². The first-order chi connectivity index (χ1) is 25.2. The van der Waals surface area contributed by atoms with Gasteiger partial charge in [0, 0.05) is 60.8 Å². The molecule has 0 atom stereocenters. The van der Waals surface area contributed by atoms with Gasteiger partial charge in [-0.1, -0.05) is 91.0 Å². The molecule has 4 heterocycles. The van der Waals surface area contributed by atoms with Crippen LogP contribution in [0.5, 0.6) is 0 Å². The summed E-state index contributed by atoms with van der Waals surface area (Å²) in [6, 6.07) is 54.0. The lowest BCUT2D eigenvalue weighted by molar-refractivity contribution is 0.668. The van der Waals surface area contributed by atoms with Crippen molar-refractivity contribution < 1.29 is 8.83 Å². The van der Waals surface area contributed by atoms with Crippen LogP contribution in [-0.4, -0.2) is 19.5 Å². The Hall–Kier alpha value is -7.05.